The van der Waals surface area contributed by atoms with Crippen molar-refractivity contribution in [2.45, 2.75) is 0 Å². The van der Waals surface area contributed by atoms with Gasteiger partial charge in [0.2, 0.25) is 0 Å². The molecule has 0 rings (SSSR count). The zero-order valence-corrected chi connectivity index (χ0v) is 9.69. The van der Waals surface area contributed by atoms with E-state index in [4.69, 9.17) is 15.8 Å². The van der Waals surface area contributed by atoms with Gasteiger partial charge in [-0.25, -0.2) is 0 Å². The van der Waals surface area contributed by atoms with Crippen LogP contribution in [0.15, 0.2) is 0 Å². The Morgan fingerprint density at radius 2 is 1.43 bits per heavy atom. The Morgan fingerprint density at radius 1 is 1.43 bits per heavy atom. The Kier molecular flexibility index (Phi) is 35.6. The zero-order chi connectivity index (χ0) is 5.58. The molecule has 39 valence electrons. The van der Waals surface area contributed by atoms with Gasteiger partial charge in [0.25, 0.3) is 0 Å². The molecule has 0 spiro atoms. The van der Waals surface area contributed by atoms with Crippen LogP contribution in [0.1, 0.15) is 2.85 Å². The van der Waals surface area contributed by atoms with Crippen molar-refractivity contribution in [3.05, 3.63) is 0 Å². The van der Waals surface area contributed by atoms with E-state index in [2.05, 4.69) is 0 Å². The van der Waals surface area contributed by atoms with Crippen molar-refractivity contribution in [2.24, 2.45) is 0 Å². The van der Waals surface area contributed by atoms with Crippen LogP contribution < -0.4 is 0 Å². The van der Waals surface area contributed by atoms with Crippen LogP contribution in [0.4, 0.5) is 0 Å². The van der Waals surface area contributed by atoms with Gasteiger partial charge in [-0.3, -0.25) is 0 Å². The van der Waals surface area contributed by atoms with Crippen LogP contribution in [-0.4, -0.2) is 66.7 Å². The maximum absolute atomic E-state index is 8.56. The Morgan fingerprint density at radius 3 is 1.43 bits per heavy atom. The van der Waals surface area contributed by atoms with Gasteiger partial charge in [0.15, 0.2) is 0 Å². The van der Waals surface area contributed by atoms with E-state index in [0.717, 1.165) is 0 Å². The summed E-state index contributed by atoms with van der Waals surface area (Å²) >= 11 is 0.100. The van der Waals surface area contributed by atoms with Crippen LogP contribution in [0, 0.1) is 0 Å². The molecule has 0 aromatic rings. The third-order valence-corrected chi connectivity index (χ3v) is 0. The van der Waals surface area contributed by atoms with Gasteiger partial charge in [-0.1, -0.05) is 0 Å². The summed E-state index contributed by atoms with van der Waals surface area (Å²) in [6, 6.07) is 0. The molecule has 0 fully saturated rings. The summed E-state index contributed by atoms with van der Waals surface area (Å²) in [6.45, 7) is 0. The molecule has 0 saturated heterocycles. The van der Waals surface area contributed by atoms with E-state index in [0.29, 0.717) is 0 Å². The molecule has 0 saturated carbocycles. The standard InChI is InChI=1S/Ca.In.HO3S.O.2H/c;;1-4(2)3;;;/h;;(H,1,2,3);;;/q+2;;-1;;2*-1. The van der Waals surface area contributed by atoms with Crippen molar-refractivity contribution in [3.8, 4) is 0 Å². The molecular formula is H3CaInO4S-. The maximum atomic E-state index is 8.56. The third-order valence-electron chi connectivity index (χ3n) is 0. The Labute approximate surface area is 90.4 Å². The second-order valence-corrected chi connectivity index (χ2v) is 0.651. The van der Waals surface area contributed by atoms with E-state index in [1.807, 2.05) is 0 Å². The molecule has 4 nitrogen and oxygen atoms in total. The van der Waals surface area contributed by atoms with Crippen LogP contribution in [-0.2, 0) is 22.3 Å². The molecule has 0 atom stereocenters. The van der Waals surface area contributed by atoms with Gasteiger partial charge in [0, 0.05) is 11.0 Å². The molecule has 0 aliphatic carbocycles. The normalized spacial score (nSPS) is 5.29. The van der Waals surface area contributed by atoms with E-state index in [1.165, 1.54) is 0 Å². The van der Waals surface area contributed by atoms with Crippen LogP contribution in [0.25, 0.3) is 0 Å². The van der Waals surface area contributed by atoms with E-state index >= 15 is 0 Å². The molecule has 0 heterocycles. The molecule has 0 aliphatic rings. The topological polar surface area (TPSA) is 71.4 Å². The van der Waals surface area contributed by atoms with Gasteiger partial charge < -0.3 is 15.8 Å². The fourth-order valence-electron chi connectivity index (χ4n) is 0. The first-order chi connectivity index (χ1) is 2.73. The zero-order valence-electron chi connectivity index (χ0n) is 5.36. The Bertz CT molecular complexity index is 76.6. The van der Waals surface area contributed by atoms with Gasteiger partial charge >= 0.3 is 65.0 Å². The monoisotopic (exact) mass is 254 g/mol. The first kappa shape index (κ1) is 15.9. The van der Waals surface area contributed by atoms with Crippen molar-refractivity contribution < 1.29 is 18.7 Å². The summed E-state index contributed by atoms with van der Waals surface area (Å²) in [4.78, 5) is 0. The van der Waals surface area contributed by atoms with Crippen LogP contribution >= 0.6 is 0 Å². The fourth-order valence-corrected chi connectivity index (χ4v) is 0. The summed E-state index contributed by atoms with van der Waals surface area (Å²) < 4.78 is 32.5. The molecule has 1 N–H and O–H groups in total. The average molecular weight is 254 g/mol. The van der Waals surface area contributed by atoms with E-state index < -0.39 is 11.0 Å². The predicted octanol–water partition coefficient (Wildman–Crippen LogP) is -0.887. The summed E-state index contributed by atoms with van der Waals surface area (Å²) in [5, 5.41) is 0. The molecule has 0 aromatic carbocycles. The number of hydrogen-bond donors (Lipinski definition) is 1. The molecule has 7 heteroatoms. The average Bonchev–Trinajstić information content (AvgIpc) is 1.41. The van der Waals surface area contributed by atoms with Crippen molar-refractivity contribution in [1.82, 2.24) is 0 Å². The predicted molar refractivity (Wildman–Crippen MR) is 25.8 cm³/mol. The second kappa shape index (κ2) is 15.7. The summed E-state index contributed by atoms with van der Waals surface area (Å²) in [7, 11) is -2.86. The Hall–Kier alpha value is 1.84. The first-order valence-electron chi connectivity index (χ1n) is 0.752. The molecular weight excluding hydrogens is 251 g/mol. The van der Waals surface area contributed by atoms with E-state index in [9.17, 15) is 0 Å². The molecule has 0 bridgehead atoms. The van der Waals surface area contributed by atoms with Crippen LogP contribution in [0.5, 0.6) is 0 Å². The summed E-state index contributed by atoms with van der Waals surface area (Å²) in [5.41, 5.74) is 0. The van der Waals surface area contributed by atoms with Gasteiger partial charge in [0.05, 0.1) is 0 Å². The minimum absolute atomic E-state index is 0. The Balaban J connectivity index is -0.00000000990. The van der Waals surface area contributed by atoms with Crippen LogP contribution in [0.3, 0.4) is 0 Å². The second-order valence-electron chi connectivity index (χ2n) is 0.217. The van der Waals surface area contributed by atoms with Crippen molar-refractivity contribution >= 4 is 73.1 Å². The summed E-state index contributed by atoms with van der Waals surface area (Å²) in [6.07, 6.45) is 0. The SMILES string of the molecule is O=[S-](=O)O.[Ca+2].[H-].[H-].[O]=[In]. The quantitative estimate of drug-likeness (QED) is 0.263. The molecule has 1 radical (unpaired) electrons. The van der Waals surface area contributed by atoms with E-state index in [-0.39, 0.29) is 65.0 Å². The third kappa shape index (κ3) is 79.0. The van der Waals surface area contributed by atoms with Gasteiger partial charge in [-0.05, 0) is 0 Å². The number of hydrogen-bond acceptors (Lipinski definition) is 4. The van der Waals surface area contributed by atoms with Gasteiger partial charge in [-0.15, -0.1) is 0 Å². The minimum atomic E-state index is -2.86. The molecule has 7 heavy (non-hydrogen) atoms. The number of rotatable bonds is 0. The molecule has 0 unspecified atom stereocenters. The molecule has 0 aromatic heterocycles. The van der Waals surface area contributed by atoms with E-state index in [1.54, 1.807) is 0 Å². The first-order valence-corrected chi connectivity index (χ1v) is 3.13. The van der Waals surface area contributed by atoms with Crippen LogP contribution in [0.2, 0.25) is 0 Å². The fraction of sp³-hybridized carbons (Fsp3) is 0. The van der Waals surface area contributed by atoms with Crippen molar-refractivity contribution in [2.75, 3.05) is 0 Å². The van der Waals surface area contributed by atoms with Gasteiger partial charge in [-0.2, -0.15) is 0 Å². The summed E-state index contributed by atoms with van der Waals surface area (Å²) in [5.74, 6) is 0. The van der Waals surface area contributed by atoms with Crippen molar-refractivity contribution in [3.63, 3.8) is 0 Å². The molecule has 0 aliphatic heterocycles. The van der Waals surface area contributed by atoms with Crippen molar-refractivity contribution in [1.29, 1.82) is 0 Å². The van der Waals surface area contributed by atoms with Gasteiger partial charge in [0.1, 0.15) is 0 Å². The molecule has 0 amide bonds.